The summed E-state index contributed by atoms with van der Waals surface area (Å²) in [6.07, 6.45) is 11.4. The van der Waals surface area contributed by atoms with Crippen molar-refractivity contribution in [3.05, 3.63) is 0 Å². The fourth-order valence-electron chi connectivity index (χ4n) is 4.63. The minimum Gasteiger partial charge on any atom is -0.352 e. The third kappa shape index (κ3) is 5.21. The zero-order chi connectivity index (χ0) is 18.4. The summed E-state index contributed by atoms with van der Waals surface area (Å²) < 4.78 is 0. The number of likely N-dealkylation sites (tertiary alicyclic amines) is 1. The van der Waals surface area contributed by atoms with Crippen molar-refractivity contribution in [2.75, 3.05) is 19.6 Å². The first-order valence-corrected chi connectivity index (χ1v) is 10.5. The highest BCUT2D eigenvalue weighted by atomic mass is 16.2. The Morgan fingerprint density at radius 2 is 1.35 bits per heavy atom. The minimum absolute atomic E-state index is 0.0190. The van der Waals surface area contributed by atoms with Crippen LogP contribution in [0.3, 0.4) is 0 Å². The zero-order valence-corrected chi connectivity index (χ0v) is 15.8. The molecular weight excluding hydrogens is 330 g/mol. The second-order valence-electron chi connectivity index (χ2n) is 8.20. The van der Waals surface area contributed by atoms with E-state index in [1.54, 1.807) is 0 Å². The molecule has 0 atom stereocenters. The molecule has 0 aromatic rings. The van der Waals surface area contributed by atoms with Crippen LogP contribution in [0.15, 0.2) is 0 Å². The summed E-state index contributed by atoms with van der Waals surface area (Å²) in [4.78, 5) is 38.6. The second kappa shape index (κ2) is 9.38. The first-order chi connectivity index (χ1) is 12.6. The maximum atomic E-state index is 12.6. The molecule has 2 N–H and O–H groups in total. The molecular formula is C20H33N3O3. The van der Waals surface area contributed by atoms with Gasteiger partial charge in [-0.2, -0.15) is 0 Å². The lowest BCUT2D eigenvalue weighted by Crippen LogP contribution is -2.50. The highest BCUT2D eigenvalue weighted by Crippen LogP contribution is 2.27. The van der Waals surface area contributed by atoms with E-state index < -0.39 is 0 Å². The number of amides is 3. The molecule has 2 saturated carbocycles. The van der Waals surface area contributed by atoms with Gasteiger partial charge in [0, 0.05) is 31.0 Å². The van der Waals surface area contributed by atoms with Crippen molar-refractivity contribution in [2.45, 2.75) is 76.7 Å². The summed E-state index contributed by atoms with van der Waals surface area (Å²) in [7, 11) is 0. The van der Waals surface area contributed by atoms with Crippen LogP contribution in [0.4, 0.5) is 0 Å². The van der Waals surface area contributed by atoms with Crippen molar-refractivity contribution in [1.29, 1.82) is 0 Å². The first kappa shape index (κ1) is 19.2. The number of nitrogens with zero attached hydrogens (tertiary/aromatic N) is 1. The summed E-state index contributed by atoms with van der Waals surface area (Å²) in [6, 6.07) is 0.112. The molecule has 1 saturated heterocycles. The molecule has 1 aliphatic heterocycles. The molecule has 3 fully saturated rings. The molecule has 6 heteroatoms. The number of nitrogens with one attached hydrogen (secondary N) is 2. The van der Waals surface area contributed by atoms with Crippen LogP contribution < -0.4 is 10.6 Å². The monoisotopic (exact) mass is 363 g/mol. The van der Waals surface area contributed by atoms with Crippen LogP contribution in [0.5, 0.6) is 0 Å². The summed E-state index contributed by atoms with van der Waals surface area (Å²) >= 11 is 0. The third-order valence-corrected chi connectivity index (χ3v) is 6.28. The summed E-state index contributed by atoms with van der Waals surface area (Å²) in [6.45, 7) is 1.53. The van der Waals surface area contributed by atoms with E-state index in [4.69, 9.17) is 0 Å². The Morgan fingerprint density at radius 1 is 0.769 bits per heavy atom. The summed E-state index contributed by atoms with van der Waals surface area (Å²) in [5, 5.41) is 5.78. The number of piperidine rings is 1. The number of carbonyl (C=O) groups is 3. The Kier molecular flexibility index (Phi) is 6.92. The number of carbonyl (C=O) groups excluding carboxylic acids is 3. The van der Waals surface area contributed by atoms with E-state index in [1.807, 2.05) is 4.90 Å². The molecule has 1 heterocycles. The van der Waals surface area contributed by atoms with E-state index in [1.165, 1.54) is 19.3 Å². The van der Waals surface area contributed by atoms with Crippen molar-refractivity contribution in [1.82, 2.24) is 15.5 Å². The molecule has 2 aliphatic carbocycles. The molecule has 146 valence electrons. The van der Waals surface area contributed by atoms with Crippen molar-refractivity contribution >= 4 is 17.7 Å². The molecule has 0 aromatic heterocycles. The normalized spacial score (nSPS) is 23.0. The Bertz CT molecular complexity index is 502. The van der Waals surface area contributed by atoms with E-state index >= 15 is 0 Å². The predicted octanol–water partition coefficient (Wildman–Crippen LogP) is 1.98. The summed E-state index contributed by atoms with van der Waals surface area (Å²) in [5.74, 6) is 0.537. The maximum Gasteiger partial charge on any atom is 0.239 e. The molecule has 26 heavy (non-hydrogen) atoms. The van der Waals surface area contributed by atoms with E-state index in [-0.39, 0.29) is 36.2 Å². The molecule has 6 nitrogen and oxygen atoms in total. The van der Waals surface area contributed by atoms with Crippen molar-refractivity contribution in [2.24, 2.45) is 11.8 Å². The van der Waals surface area contributed by atoms with Gasteiger partial charge in [-0.3, -0.25) is 14.4 Å². The number of rotatable bonds is 5. The Hall–Kier alpha value is -1.59. The van der Waals surface area contributed by atoms with E-state index in [9.17, 15) is 14.4 Å². The zero-order valence-electron chi connectivity index (χ0n) is 15.8. The van der Waals surface area contributed by atoms with Crippen LogP contribution in [-0.4, -0.2) is 48.3 Å². The van der Waals surface area contributed by atoms with Gasteiger partial charge in [-0.25, -0.2) is 0 Å². The second-order valence-corrected chi connectivity index (χ2v) is 8.20. The lowest BCUT2D eigenvalue weighted by atomic mass is 9.87. The SMILES string of the molecule is O=C(CNC(=O)C1CCCC1)NC1CCN(C(=O)C2CCCCC2)CC1. The molecule has 0 spiro atoms. The van der Waals surface area contributed by atoms with Crippen molar-refractivity contribution in [3.63, 3.8) is 0 Å². The topological polar surface area (TPSA) is 78.5 Å². The smallest absolute Gasteiger partial charge is 0.239 e. The lowest BCUT2D eigenvalue weighted by molar-refractivity contribution is -0.137. The minimum atomic E-state index is -0.117. The number of hydrogen-bond donors (Lipinski definition) is 2. The van der Waals surface area contributed by atoms with E-state index in [0.29, 0.717) is 5.91 Å². The maximum absolute atomic E-state index is 12.6. The van der Waals surface area contributed by atoms with E-state index in [2.05, 4.69) is 10.6 Å². The van der Waals surface area contributed by atoms with Crippen molar-refractivity contribution in [3.8, 4) is 0 Å². The fourth-order valence-corrected chi connectivity index (χ4v) is 4.63. The van der Waals surface area contributed by atoms with Gasteiger partial charge in [-0.15, -0.1) is 0 Å². The van der Waals surface area contributed by atoms with Crippen LogP contribution in [0, 0.1) is 11.8 Å². The van der Waals surface area contributed by atoms with Crippen LogP contribution in [0.1, 0.15) is 70.6 Å². The van der Waals surface area contributed by atoms with Gasteiger partial charge in [-0.05, 0) is 38.5 Å². The number of hydrogen-bond acceptors (Lipinski definition) is 3. The Morgan fingerprint density at radius 3 is 2.00 bits per heavy atom. The molecule has 0 bridgehead atoms. The summed E-state index contributed by atoms with van der Waals surface area (Å²) in [5.41, 5.74) is 0. The van der Waals surface area contributed by atoms with Crippen LogP contribution in [0.2, 0.25) is 0 Å². The standard InChI is InChI=1S/C20H33N3O3/c24-18(14-21-19(25)15-6-4-5-7-15)22-17-10-12-23(13-11-17)20(26)16-8-2-1-3-9-16/h15-17H,1-14H2,(H,21,25)(H,22,24). The van der Waals surface area contributed by atoms with Crippen LogP contribution in [-0.2, 0) is 14.4 Å². The highest BCUT2D eigenvalue weighted by Gasteiger charge is 2.29. The fraction of sp³-hybridized carbons (Fsp3) is 0.850. The molecule has 3 amide bonds. The molecule has 0 aromatic carbocycles. The predicted molar refractivity (Wildman–Crippen MR) is 99.3 cm³/mol. The lowest BCUT2D eigenvalue weighted by Gasteiger charge is -2.35. The van der Waals surface area contributed by atoms with Gasteiger partial charge < -0.3 is 15.5 Å². The quantitative estimate of drug-likeness (QED) is 0.784. The molecule has 0 radical (unpaired) electrons. The molecule has 0 unspecified atom stereocenters. The van der Waals surface area contributed by atoms with Gasteiger partial charge in [0.05, 0.1) is 6.54 Å². The largest absolute Gasteiger partial charge is 0.352 e. The van der Waals surface area contributed by atoms with Gasteiger partial charge in [0.15, 0.2) is 0 Å². The molecule has 3 aliphatic rings. The van der Waals surface area contributed by atoms with Gasteiger partial charge in [-0.1, -0.05) is 32.1 Å². The Labute approximate surface area is 156 Å². The molecule has 3 rings (SSSR count). The average Bonchev–Trinajstić information content (AvgIpc) is 3.22. The van der Waals surface area contributed by atoms with Gasteiger partial charge in [0.2, 0.25) is 17.7 Å². The third-order valence-electron chi connectivity index (χ3n) is 6.28. The van der Waals surface area contributed by atoms with E-state index in [0.717, 1.165) is 64.5 Å². The van der Waals surface area contributed by atoms with Crippen LogP contribution >= 0.6 is 0 Å². The van der Waals surface area contributed by atoms with Gasteiger partial charge in [0.25, 0.3) is 0 Å². The average molecular weight is 364 g/mol. The van der Waals surface area contributed by atoms with Crippen LogP contribution in [0.25, 0.3) is 0 Å². The Balaban J connectivity index is 1.33. The van der Waals surface area contributed by atoms with Gasteiger partial charge >= 0.3 is 0 Å². The van der Waals surface area contributed by atoms with Crippen molar-refractivity contribution < 1.29 is 14.4 Å². The first-order valence-electron chi connectivity index (χ1n) is 10.5. The van der Waals surface area contributed by atoms with Gasteiger partial charge in [0.1, 0.15) is 0 Å². The highest BCUT2D eigenvalue weighted by molar-refractivity contribution is 5.86.